The molecule has 1 heterocycles. The molecule has 4 unspecified atom stereocenters. The summed E-state index contributed by atoms with van der Waals surface area (Å²) in [6.07, 6.45) is 3.91. The minimum Gasteiger partial charge on any atom is -0.355 e. The van der Waals surface area contributed by atoms with E-state index in [1.165, 1.54) is 19.3 Å². The molecule has 2 aliphatic rings. The molecule has 2 rings (SSSR count). The maximum atomic E-state index is 12.4. The highest BCUT2D eigenvalue weighted by atomic mass is 16.2. The predicted molar refractivity (Wildman–Crippen MR) is 87.2 cm³/mol. The Hall–Kier alpha value is -0.610. The second kappa shape index (κ2) is 7.59. The van der Waals surface area contributed by atoms with Gasteiger partial charge >= 0.3 is 0 Å². The molecule has 4 atom stereocenters. The zero-order valence-electron chi connectivity index (χ0n) is 14.2. The van der Waals surface area contributed by atoms with Gasteiger partial charge in [0.1, 0.15) is 6.04 Å². The van der Waals surface area contributed by atoms with Gasteiger partial charge in [-0.05, 0) is 37.5 Å². The van der Waals surface area contributed by atoms with Crippen LogP contribution < -0.4 is 10.6 Å². The lowest BCUT2D eigenvalue weighted by atomic mass is 9.73. The zero-order chi connectivity index (χ0) is 15.4. The average molecular weight is 295 g/mol. The quantitative estimate of drug-likeness (QED) is 0.832. The number of rotatable bonds is 4. The lowest BCUT2D eigenvalue weighted by molar-refractivity contribution is -0.129. The third-order valence-corrected chi connectivity index (χ3v) is 5.35. The standard InChI is InChI=1S/C17H33N3O/c1-5-19-17(21)16-11-18-8-9-20(16)15-10-13(4)6-7-14(15)12(2)3/h12-16,18H,5-11H2,1-4H3,(H,19,21). The minimum absolute atomic E-state index is 0.00949. The fourth-order valence-corrected chi connectivity index (χ4v) is 4.19. The molecule has 1 aliphatic carbocycles. The van der Waals surface area contributed by atoms with Gasteiger partial charge in [0.2, 0.25) is 5.91 Å². The van der Waals surface area contributed by atoms with E-state index in [2.05, 4.69) is 36.3 Å². The fourth-order valence-electron chi connectivity index (χ4n) is 4.19. The molecule has 0 aromatic heterocycles. The summed E-state index contributed by atoms with van der Waals surface area (Å²) >= 11 is 0. The number of carbonyl (C=O) groups excluding carboxylic acids is 1. The third kappa shape index (κ3) is 3.98. The van der Waals surface area contributed by atoms with E-state index in [0.717, 1.165) is 38.0 Å². The molecule has 1 amide bonds. The van der Waals surface area contributed by atoms with E-state index < -0.39 is 0 Å². The number of hydrogen-bond acceptors (Lipinski definition) is 3. The van der Waals surface area contributed by atoms with Crippen LogP contribution in [0.4, 0.5) is 0 Å². The molecule has 1 saturated heterocycles. The Morgan fingerprint density at radius 2 is 2.14 bits per heavy atom. The van der Waals surface area contributed by atoms with Gasteiger partial charge in [-0.25, -0.2) is 0 Å². The van der Waals surface area contributed by atoms with Crippen molar-refractivity contribution in [2.75, 3.05) is 26.2 Å². The molecule has 4 nitrogen and oxygen atoms in total. The molecule has 0 radical (unpaired) electrons. The van der Waals surface area contributed by atoms with Crippen LogP contribution in [-0.2, 0) is 4.79 Å². The highest BCUT2D eigenvalue weighted by Crippen LogP contribution is 2.37. The van der Waals surface area contributed by atoms with Gasteiger partial charge in [0.05, 0.1) is 0 Å². The molecule has 1 saturated carbocycles. The van der Waals surface area contributed by atoms with Crippen LogP contribution in [-0.4, -0.2) is 49.1 Å². The van der Waals surface area contributed by atoms with Crippen molar-refractivity contribution in [1.29, 1.82) is 0 Å². The van der Waals surface area contributed by atoms with Crippen molar-refractivity contribution in [2.24, 2.45) is 17.8 Å². The molecular weight excluding hydrogens is 262 g/mol. The van der Waals surface area contributed by atoms with Gasteiger partial charge in [0.15, 0.2) is 0 Å². The Kier molecular flexibility index (Phi) is 6.06. The van der Waals surface area contributed by atoms with Crippen molar-refractivity contribution in [1.82, 2.24) is 15.5 Å². The van der Waals surface area contributed by atoms with Crippen molar-refractivity contribution in [3.05, 3.63) is 0 Å². The third-order valence-electron chi connectivity index (χ3n) is 5.35. The van der Waals surface area contributed by atoms with Gasteiger partial charge < -0.3 is 10.6 Å². The maximum Gasteiger partial charge on any atom is 0.238 e. The fraction of sp³-hybridized carbons (Fsp3) is 0.941. The molecule has 122 valence electrons. The summed E-state index contributed by atoms with van der Waals surface area (Å²) < 4.78 is 0. The first kappa shape index (κ1) is 16.8. The maximum absolute atomic E-state index is 12.4. The first-order valence-corrected chi connectivity index (χ1v) is 8.78. The minimum atomic E-state index is 0.00949. The second-order valence-corrected chi connectivity index (χ2v) is 7.25. The van der Waals surface area contributed by atoms with Gasteiger partial charge in [-0.3, -0.25) is 9.69 Å². The molecule has 0 bridgehead atoms. The van der Waals surface area contributed by atoms with Gasteiger partial charge in [0.25, 0.3) is 0 Å². The molecule has 0 spiro atoms. The summed E-state index contributed by atoms with van der Waals surface area (Å²) in [6.45, 7) is 12.6. The van der Waals surface area contributed by atoms with Crippen molar-refractivity contribution in [3.8, 4) is 0 Å². The number of hydrogen-bond donors (Lipinski definition) is 2. The largest absolute Gasteiger partial charge is 0.355 e. The van der Waals surface area contributed by atoms with E-state index in [1.807, 2.05) is 6.92 Å². The highest BCUT2D eigenvalue weighted by molar-refractivity contribution is 5.82. The van der Waals surface area contributed by atoms with E-state index in [9.17, 15) is 4.79 Å². The van der Waals surface area contributed by atoms with Crippen molar-refractivity contribution in [3.63, 3.8) is 0 Å². The Morgan fingerprint density at radius 3 is 2.81 bits per heavy atom. The van der Waals surface area contributed by atoms with E-state index in [4.69, 9.17) is 0 Å². The van der Waals surface area contributed by atoms with Crippen LogP contribution in [0.1, 0.15) is 47.0 Å². The van der Waals surface area contributed by atoms with E-state index >= 15 is 0 Å². The van der Waals surface area contributed by atoms with Crippen molar-refractivity contribution < 1.29 is 4.79 Å². The van der Waals surface area contributed by atoms with E-state index in [0.29, 0.717) is 12.0 Å². The summed E-state index contributed by atoms with van der Waals surface area (Å²) in [5, 5.41) is 6.41. The number of nitrogens with zero attached hydrogens (tertiary/aromatic N) is 1. The Bertz CT molecular complexity index is 345. The van der Waals surface area contributed by atoms with Crippen molar-refractivity contribution >= 4 is 5.91 Å². The van der Waals surface area contributed by atoms with Crippen LogP contribution in [0.2, 0.25) is 0 Å². The number of amides is 1. The molecule has 2 fully saturated rings. The molecule has 0 aromatic rings. The summed E-state index contributed by atoms with van der Waals surface area (Å²) in [6, 6.07) is 0.582. The Balaban J connectivity index is 2.15. The first-order chi connectivity index (χ1) is 10.0. The summed E-state index contributed by atoms with van der Waals surface area (Å²) in [7, 11) is 0. The zero-order valence-corrected chi connectivity index (χ0v) is 14.2. The average Bonchev–Trinajstić information content (AvgIpc) is 2.47. The van der Waals surface area contributed by atoms with Crippen LogP contribution in [0.25, 0.3) is 0 Å². The smallest absolute Gasteiger partial charge is 0.238 e. The SMILES string of the molecule is CCNC(=O)C1CNCCN1C1CC(C)CCC1C(C)C. The summed E-state index contributed by atoms with van der Waals surface area (Å²) in [4.78, 5) is 14.9. The summed E-state index contributed by atoms with van der Waals surface area (Å²) in [5.41, 5.74) is 0. The second-order valence-electron chi connectivity index (χ2n) is 7.25. The van der Waals surface area contributed by atoms with Gasteiger partial charge in [-0.15, -0.1) is 0 Å². The summed E-state index contributed by atoms with van der Waals surface area (Å²) in [5.74, 6) is 2.42. The van der Waals surface area contributed by atoms with E-state index in [1.54, 1.807) is 0 Å². The monoisotopic (exact) mass is 295 g/mol. The number of nitrogens with one attached hydrogen (secondary N) is 2. The van der Waals surface area contributed by atoms with E-state index in [-0.39, 0.29) is 11.9 Å². The van der Waals surface area contributed by atoms with Crippen LogP contribution in [0.5, 0.6) is 0 Å². The van der Waals surface area contributed by atoms with Crippen LogP contribution in [0, 0.1) is 17.8 Å². The normalized spacial score (nSPS) is 34.9. The number of likely N-dealkylation sites (N-methyl/N-ethyl adjacent to an activating group) is 1. The topological polar surface area (TPSA) is 44.4 Å². The van der Waals surface area contributed by atoms with Gasteiger partial charge in [-0.1, -0.05) is 27.2 Å². The molecule has 4 heteroatoms. The Labute approximate surface area is 130 Å². The van der Waals surface area contributed by atoms with Gasteiger partial charge in [-0.2, -0.15) is 0 Å². The van der Waals surface area contributed by atoms with Crippen molar-refractivity contribution in [2.45, 2.75) is 59.0 Å². The first-order valence-electron chi connectivity index (χ1n) is 8.78. The van der Waals surface area contributed by atoms with Crippen LogP contribution in [0.15, 0.2) is 0 Å². The molecule has 2 N–H and O–H groups in total. The number of carbonyl (C=O) groups is 1. The molecule has 1 aliphatic heterocycles. The van der Waals surface area contributed by atoms with Crippen LogP contribution in [0.3, 0.4) is 0 Å². The molecule has 21 heavy (non-hydrogen) atoms. The predicted octanol–water partition coefficient (Wildman–Crippen LogP) is 1.86. The lowest BCUT2D eigenvalue weighted by Gasteiger charge is -2.48. The Morgan fingerprint density at radius 1 is 1.38 bits per heavy atom. The molecular formula is C17H33N3O. The van der Waals surface area contributed by atoms with Crippen LogP contribution >= 0.6 is 0 Å². The number of piperazine rings is 1. The highest BCUT2D eigenvalue weighted by Gasteiger charge is 2.40. The lowest BCUT2D eigenvalue weighted by Crippen LogP contribution is -2.63. The van der Waals surface area contributed by atoms with Gasteiger partial charge in [0, 0.05) is 32.2 Å². The molecule has 0 aromatic carbocycles.